The first-order valence-electron chi connectivity index (χ1n) is 5.50. The monoisotopic (exact) mass is 220 g/mol. The quantitative estimate of drug-likeness (QED) is 0.804. The number of phenols is 1. The molecule has 0 unspecified atom stereocenters. The molecule has 2 N–H and O–H groups in total. The van der Waals surface area contributed by atoms with Gasteiger partial charge in [-0.15, -0.1) is 0 Å². The van der Waals surface area contributed by atoms with Gasteiger partial charge in [-0.1, -0.05) is 19.9 Å². The summed E-state index contributed by atoms with van der Waals surface area (Å²) in [6, 6.07) is 5.27. The Kier molecular flexibility index (Phi) is 2.41. The van der Waals surface area contributed by atoms with E-state index in [1.807, 2.05) is 13.0 Å². The molecule has 0 radical (unpaired) electrons. The molecule has 1 aliphatic carbocycles. The highest BCUT2D eigenvalue weighted by molar-refractivity contribution is 5.72. The molecule has 2 atom stereocenters. The van der Waals surface area contributed by atoms with Crippen molar-refractivity contribution in [1.82, 2.24) is 0 Å². The molecule has 1 aromatic rings. The second-order valence-corrected chi connectivity index (χ2v) is 4.82. The number of carbonyl (C=O) groups is 1. The molecule has 0 bridgehead atoms. The lowest BCUT2D eigenvalue weighted by atomic mass is 9.73. The molecule has 0 saturated heterocycles. The fourth-order valence-corrected chi connectivity index (χ4v) is 2.57. The van der Waals surface area contributed by atoms with Crippen molar-refractivity contribution in [2.24, 2.45) is 5.92 Å². The van der Waals surface area contributed by atoms with Crippen LogP contribution in [0.4, 0.5) is 0 Å². The summed E-state index contributed by atoms with van der Waals surface area (Å²) in [6.07, 6.45) is 1.73. The number of aromatic hydroxyl groups is 1. The number of hydrogen-bond donors (Lipinski definition) is 2. The van der Waals surface area contributed by atoms with Crippen LogP contribution in [0, 0.1) is 5.92 Å². The predicted molar refractivity (Wildman–Crippen MR) is 60.6 cm³/mol. The normalized spacial score (nSPS) is 25.1. The van der Waals surface area contributed by atoms with Gasteiger partial charge in [0.2, 0.25) is 0 Å². The smallest absolute Gasteiger partial charge is 0.307 e. The number of benzene rings is 1. The van der Waals surface area contributed by atoms with Gasteiger partial charge in [0.15, 0.2) is 0 Å². The molecule has 1 aromatic carbocycles. The number of aryl methyl sites for hydroxylation is 1. The fourth-order valence-electron chi connectivity index (χ4n) is 2.57. The van der Waals surface area contributed by atoms with Crippen molar-refractivity contribution < 1.29 is 15.0 Å². The van der Waals surface area contributed by atoms with Crippen LogP contribution in [0.15, 0.2) is 18.2 Å². The molecule has 0 aromatic heterocycles. The number of rotatable bonds is 2. The maximum Gasteiger partial charge on any atom is 0.307 e. The summed E-state index contributed by atoms with van der Waals surface area (Å²) >= 11 is 0. The molecule has 0 amide bonds. The van der Waals surface area contributed by atoms with E-state index in [1.54, 1.807) is 19.1 Å². The zero-order valence-electron chi connectivity index (χ0n) is 9.53. The van der Waals surface area contributed by atoms with Crippen molar-refractivity contribution in [1.29, 1.82) is 0 Å². The molecular weight excluding hydrogens is 204 g/mol. The Bertz CT molecular complexity index is 439. The third-order valence-corrected chi connectivity index (χ3v) is 3.95. The summed E-state index contributed by atoms with van der Waals surface area (Å²) < 4.78 is 0. The molecule has 0 heterocycles. The summed E-state index contributed by atoms with van der Waals surface area (Å²) in [7, 11) is 0. The SMILES string of the molecule is C[C@H](C(=O)O)[C@@]1(C)CCc2ccc(O)cc21. The van der Waals surface area contributed by atoms with Crippen LogP contribution in [0.1, 0.15) is 31.4 Å². The van der Waals surface area contributed by atoms with Crippen molar-refractivity contribution in [2.75, 3.05) is 0 Å². The number of fused-ring (bicyclic) bond motifs is 1. The van der Waals surface area contributed by atoms with E-state index in [4.69, 9.17) is 5.11 Å². The molecular formula is C13H16O3. The van der Waals surface area contributed by atoms with E-state index in [9.17, 15) is 9.90 Å². The van der Waals surface area contributed by atoms with E-state index in [0.29, 0.717) is 0 Å². The van der Waals surface area contributed by atoms with Crippen molar-refractivity contribution >= 4 is 5.97 Å². The average molecular weight is 220 g/mol. The maximum atomic E-state index is 11.1. The van der Waals surface area contributed by atoms with Gasteiger partial charge in [0, 0.05) is 5.41 Å². The van der Waals surface area contributed by atoms with Gasteiger partial charge in [-0.25, -0.2) is 0 Å². The topological polar surface area (TPSA) is 57.5 Å². The van der Waals surface area contributed by atoms with Gasteiger partial charge in [0.05, 0.1) is 5.92 Å². The van der Waals surface area contributed by atoms with Crippen molar-refractivity contribution in [3.63, 3.8) is 0 Å². The Morgan fingerprint density at radius 1 is 1.50 bits per heavy atom. The number of phenolic OH excluding ortho intramolecular Hbond substituents is 1. The minimum Gasteiger partial charge on any atom is -0.508 e. The Morgan fingerprint density at radius 2 is 2.19 bits per heavy atom. The standard InChI is InChI=1S/C13H16O3/c1-8(12(15)16)13(2)6-5-9-3-4-10(14)7-11(9)13/h3-4,7-8,14H,5-6H2,1-2H3,(H,15,16)/t8-,13-/m1/s1. The third-order valence-electron chi connectivity index (χ3n) is 3.95. The van der Waals surface area contributed by atoms with Gasteiger partial charge >= 0.3 is 5.97 Å². The van der Waals surface area contributed by atoms with E-state index >= 15 is 0 Å². The summed E-state index contributed by atoms with van der Waals surface area (Å²) in [6.45, 7) is 3.71. The second kappa shape index (κ2) is 3.51. The zero-order chi connectivity index (χ0) is 11.9. The summed E-state index contributed by atoms with van der Waals surface area (Å²) in [5.74, 6) is -1.00. The van der Waals surface area contributed by atoms with Gasteiger partial charge < -0.3 is 10.2 Å². The second-order valence-electron chi connectivity index (χ2n) is 4.82. The van der Waals surface area contributed by atoms with Crippen LogP contribution in [0.25, 0.3) is 0 Å². The molecule has 0 aliphatic heterocycles. The number of carboxylic acids is 1. The Balaban J connectivity index is 2.49. The van der Waals surface area contributed by atoms with E-state index in [2.05, 4.69) is 0 Å². The third kappa shape index (κ3) is 1.47. The largest absolute Gasteiger partial charge is 0.508 e. The average Bonchev–Trinajstić information content (AvgIpc) is 2.56. The fraction of sp³-hybridized carbons (Fsp3) is 0.462. The van der Waals surface area contributed by atoms with Crippen molar-refractivity contribution in [2.45, 2.75) is 32.1 Å². The Morgan fingerprint density at radius 3 is 2.81 bits per heavy atom. The predicted octanol–water partition coefficient (Wildman–Crippen LogP) is 2.32. The first-order valence-corrected chi connectivity index (χ1v) is 5.50. The van der Waals surface area contributed by atoms with Gasteiger partial charge in [0.25, 0.3) is 0 Å². The summed E-state index contributed by atoms with van der Waals surface area (Å²) in [5, 5.41) is 18.6. The zero-order valence-corrected chi connectivity index (χ0v) is 9.53. The van der Waals surface area contributed by atoms with Gasteiger partial charge in [-0.3, -0.25) is 4.79 Å². The van der Waals surface area contributed by atoms with Crippen LogP contribution >= 0.6 is 0 Å². The Hall–Kier alpha value is -1.51. The summed E-state index contributed by atoms with van der Waals surface area (Å²) in [4.78, 5) is 11.1. The van der Waals surface area contributed by atoms with Crippen LogP contribution in [0.2, 0.25) is 0 Å². The Labute approximate surface area is 94.7 Å². The lowest BCUT2D eigenvalue weighted by Gasteiger charge is -2.29. The van der Waals surface area contributed by atoms with Crippen LogP contribution in [-0.2, 0) is 16.6 Å². The van der Waals surface area contributed by atoms with Crippen molar-refractivity contribution in [3.05, 3.63) is 29.3 Å². The number of aliphatic carboxylic acids is 1. The molecule has 86 valence electrons. The molecule has 16 heavy (non-hydrogen) atoms. The molecule has 0 spiro atoms. The van der Waals surface area contributed by atoms with E-state index in [0.717, 1.165) is 24.0 Å². The number of hydrogen-bond acceptors (Lipinski definition) is 2. The maximum absolute atomic E-state index is 11.1. The first-order chi connectivity index (χ1) is 7.45. The molecule has 0 saturated carbocycles. The lowest BCUT2D eigenvalue weighted by Crippen LogP contribution is -2.33. The highest BCUT2D eigenvalue weighted by Gasteiger charge is 2.42. The molecule has 1 aliphatic rings. The van der Waals surface area contributed by atoms with Crippen LogP contribution in [-0.4, -0.2) is 16.2 Å². The highest BCUT2D eigenvalue weighted by Crippen LogP contribution is 2.45. The molecule has 3 heteroatoms. The number of carboxylic acid groups (broad SMARTS) is 1. The van der Waals surface area contributed by atoms with Gasteiger partial charge in [-0.2, -0.15) is 0 Å². The molecule has 0 fully saturated rings. The van der Waals surface area contributed by atoms with Crippen LogP contribution in [0.5, 0.6) is 5.75 Å². The van der Waals surface area contributed by atoms with E-state index in [-0.39, 0.29) is 11.2 Å². The van der Waals surface area contributed by atoms with Gasteiger partial charge in [0.1, 0.15) is 5.75 Å². The minimum atomic E-state index is -0.779. The van der Waals surface area contributed by atoms with E-state index in [1.165, 1.54) is 0 Å². The molecule has 3 nitrogen and oxygen atoms in total. The van der Waals surface area contributed by atoms with E-state index < -0.39 is 11.9 Å². The summed E-state index contributed by atoms with van der Waals surface area (Å²) in [5.41, 5.74) is 1.79. The first kappa shape index (κ1) is 11.0. The van der Waals surface area contributed by atoms with Crippen molar-refractivity contribution in [3.8, 4) is 5.75 Å². The van der Waals surface area contributed by atoms with Crippen LogP contribution < -0.4 is 0 Å². The highest BCUT2D eigenvalue weighted by atomic mass is 16.4. The lowest BCUT2D eigenvalue weighted by molar-refractivity contribution is -0.143. The minimum absolute atomic E-state index is 0.212. The van der Waals surface area contributed by atoms with Gasteiger partial charge in [-0.05, 0) is 36.1 Å². The van der Waals surface area contributed by atoms with Crippen LogP contribution in [0.3, 0.4) is 0 Å². The molecule has 2 rings (SSSR count).